The second-order valence-electron chi connectivity index (χ2n) is 3.69. The van der Waals surface area contributed by atoms with E-state index >= 15 is 0 Å². The maximum absolute atomic E-state index is 11.7. The Kier molecular flexibility index (Phi) is 5.03. The molecule has 0 atom stereocenters. The van der Waals surface area contributed by atoms with Crippen LogP contribution >= 0.6 is 0 Å². The van der Waals surface area contributed by atoms with Crippen LogP contribution in [0.3, 0.4) is 0 Å². The quantitative estimate of drug-likeness (QED) is 0.586. The number of carbonyl (C=O) groups is 1. The average molecular weight is 269 g/mol. The molecule has 6 heteroatoms. The van der Waals surface area contributed by atoms with E-state index in [4.69, 9.17) is 0 Å². The van der Waals surface area contributed by atoms with Gasteiger partial charge in [-0.15, -0.1) is 0 Å². The van der Waals surface area contributed by atoms with Crippen molar-refractivity contribution in [2.45, 2.75) is 31.6 Å². The fourth-order valence-corrected chi connectivity index (χ4v) is 1.98. The van der Waals surface area contributed by atoms with Gasteiger partial charge in [-0.05, 0) is 25.5 Å². The number of hydrogen-bond donors (Lipinski definition) is 0. The molecule has 1 aromatic rings. The molecule has 1 rings (SSSR count). The zero-order valence-corrected chi connectivity index (χ0v) is 11.1. The Morgan fingerprint density at radius 2 is 1.89 bits per heavy atom. The van der Waals surface area contributed by atoms with Crippen LogP contribution in [-0.2, 0) is 19.2 Å². The molecule has 5 nitrogen and oxygen atoms in total. The van der Waals surface area contributed by atoms with Gasteiger partial charge in [-0.2, -0.15) is 8.42 Å². The highest BCUT2D eigenvalue weighted by Gasteiger charge is 2.15. The SMILES string of the molecule is CCCC(=O)C(C)=NOS(=O)(=O)c1ccccc1. The van der Waals surface area contributed by atoms with Crippen LogP contribution in [-0.4, -0.2) is 19.9 Å². The average Bonchev–Trinajstić information content (AvgIpc) is 2.37. The first-order valence-electron chi connectivity index (χ1n) is 5.54. The van der Waals surface area contributed by atoms with Crippen molar-refractivity contribution in [2.24, 2.45) is 5.16 Å². The third-order valence-corrected chi connectivity index (χ3v) is 3.31. The number of hydrogen-bond acceptors (Lipinski definition) is 5. The number of oxime groups is 1. The van der Waals surface area contributed by atoms with Gasteiger partial charge < -0.3 is 0 Å². The molecule has 0 aromatic heterocycles. The van der Waals surface area contributed by atoms with E-state index in [1.54, 1.807) is 18.2 Å². The molecule has 0 unspecified atom stereocenters. The van der Waals surface area contributed by atoms with Crippen molar-refractivity contribution >= 4 is 21.6 Å². The molecule has 0 heterocycles. The molecule has 0 saturated carbocycles. The maximum atomic E-state index is 11.7. The van der Waals surface area contributed by atoms with Crippen molar-refractivity contribution in [3.05, 3.63) is 30.3 Å². The summed E-state index contributed by atoms with van der Waals surface area (Å²) in [5.74, 6) is -0.222. The van der Waals surface area contributed by atoms with E-state index in [1.165, 1.54) is 19.1 Å². The summed E-state index contributed by atoms with van der Waals surface area (Å²) in [5, 5.41) is 3.37. The zero-order valence-electron chi connectivity index (χ0n) is 10.3. The predicted octanol–water partition coefficient (Wildman–Crippen LogP) is 2.14. The Morgan fingerprint density at radius 3 is 2.44 bits per heavy atom. The number of rotatable bonds is 6. The molecule has 18 heavy (non-hydrogen) atoms. The Bertz CT molecular complexity index is 534. The van der Waals surface area contributed by atoms with Gasteiger partial charge in [0.1, 0.15) is 10.6 Å². The standard InChI is InChI=1S/C12H15NO4S/c1-3-7-12(14)10(2)13-17-18(15,16)11-8-5-4-6-9-11/h4-6,8-9H,3,7H2,1-2H3. The van der Waals surface area contributed by atoms with E-state index in [0.29, 0.717) is 12.8 Å². The van der Waals surface area contributed by atoms with Gasteiger partial charge in [0.25, 0.3) is 0 Å². The Hall–Kier alpha value is -1.69. The van der Waals surface area contributed by atoms with Crippen LogP contribution in [0, 0.1) is 0 Å². The maximum Gasteiger partial charge on any atom is 0.358 e. The minimum Gasteiger partial charge on any atom is -0.293 e. The van der Waals surface area contributed by atoms with E-state index in [-0.39, 0.29) is 16.4 Å². The van der Waals surface area contributed by atoms with Crippen LogP contribution in [0.4, 0.5) is 0 Å². The van der Waals surface area contributed by atoms with Crippen molar-refractivity contribution in [1.82, 2.24) is 0 Å². The lowest BCUT2D eigenvalue weighted by atomic mass is 10.2. The Balaban J connectivity index is 2.80. The molecular formula is C12H15NO4S. The molecule has 0 saturated heterocycles. The third-order valence-electron chi connectivity index (χ3n) is 2.18. The number of Topliss-reactive ketones (excluding diaryl/α,β-unsaturated/α-hetero) is 1. The molecule has 0 aliphatic rings. The van der Waals surface area contributed by atoms with Crippen molar-refractivity contribution in [3.8, 4) is 0 Å². The molecule has 0 bridgehead atoms. The van der Waals surface area contributed by atoms with Crippen LogP contribution in [0.25, 0.3) is 0 Å². The highest BCUT2D eigenvalue weighted by molar-refractivity contribution is 7.86. The summed E-state index contributed by atoms with van der Waals surface area (Å²) < 4.78 is 27.8. The molecule has 0 aliphatic heterocycles. The highest BCUT2D eigenvalue weighted by Crippen LogP contribution is 2.11. The van der Waals surface area contributed by atoms with Gasteiger partial charge in [0, 0.05) is 6.42 Å². The molecular weight excluding hydrogens is 254 g/mol. The van der Waals surface area contributed by atoms with Crippen LogP contribution in [0.5, 0.6) is 0 Å². The topological polar surface area (TPSA) is 72.8 Å². The lowest BCUT2D eigenvalue weighted by Crippen LogP contribution is -2.12. The second kappa shape index (κ2) is 6.30. The smallest absolute Gasteiger partial charge is 0.293 e. The van der Waals surface area contributed by atoms with Crippen LogP contribution in [0.15, 0.2) is 40.4 Å². The lowest BCUT2D eigenvalue weighted by molar-refractivity contribution is -0.113. The number of ketones is 1. The van der Waals surface area contributed by atoms with E-state index in [1.807, 2.05) is 6.92 Å². The summed E-state index contributed by atoms with van der Waals surface area (Å²) >= 11 is 0. The van der Waals surface area contributed by atoms with Gasteiger partial charge in [-0.25, -0.2) is 0 Å². The lowest BCUT2D eigenvalue weighted by Gasteiger charge is -2.02. The van der Waals surface area contributed by atoms with Gasteiger partial charge >= 0.3 is 10.1 Å². The van der Waals surface area contributed by atoms with Gasteiger partial charge in [0.05, 0.1) is 0 Å². The number of benzene rings is 1. The summed E-state index contributed by atoms with van der Waals surface area (Å²) in [6.07, 6.45) is 1.00. The van der Waals surface area contributed by atoms with E-state index in [2.05, 4.69) is 9.44 Å². The molecule has 0 radical (unpaired) electrons. The van der Waals surface area contributed by atoms with Gasteiger partial charge in [-0.1, -0.05) is 30.3 Å². The van der Waals surface area contributed by atoms with Gasteiger partial charge in [0.2, 0.25) is 0 Å². The van der Waals surface area contributed by atoms with Crippen molar-refractivity contribution in [3.63, 3.8) is 0 Å². The summed E-state index contributed by atoms with van der Waals surface area (Å²) in [7, 11) is -3.94. The summed E-state index contributed by atoms with van der Waals surface area (Å²) in [5.41, 5.74) is 0.0522. The molecule has 0 aliphatic carbocycles. The van der Waals surface area contributed by atoms with Crippen molar-refractivity contribution in [1.29, 1.82) is 0 Å². The van der Waals surface area contributed by atoms with Crippen LogP contribution in [0.2, 0.25) is 0 Å². The fraction of sp³-hybridized carbons (Fsp3) is 0.333. The molecule has 0 amide bonds. The summed E-state index contributed by atoms with van der Waals surface area (Å²) in [4.78, 5) is 11.4. The predicted molar refractivity (Wildman–Crippen MR) is 67.7 cm³/mol. The summed E-state index contributed by atoms with van der Waals surface area (Å²) in [6, 6.07) is 7.64. The van der Waals surface area contributed by atoms with Crippen LogP contribution < -0.4 is 0 Å². The molecule has 1 aromatic carbocycles. The molecule has 0 spiro atoms. The first kappa shape index (κ1) is 14.4. The van der Waals surface area contributed by atoms with Gasteiger partial charge in [-0.3, -0.25) is 9.08 Å². The Labute approximate surface area is 107 Å². The molecule has 98 valence electrons. The largest absolute Gasteiger partial charge is 0.358 e. The molecule has 0 N–H and O–H groups in total. The van der Waals surface area contributed by atoms with E-state index in [0.717, 1.165) is 0 Å². The summed E-state index contributed by atoms with van der Waals surface area (Å²) in [6.45, 7) is 3.28. The number of carbonyl (C=O) groups excluding carboxylic acids is 1. The normalized spacial score (nSPS) is 12.2. The molecule has 0 fully saturated rings. The first-order valence-corrected chi connectivity index (χ1v) is 6.94. The van der Waals surface area contributed by atoms with Crippen LogP contribution in [0.1, 0.15) is 26.7 Å². The van der Waals surface area contributed by atoms with E-state index < -0.39 is 10.1 Å². The second-order valence-corrected chi connectivity index (χ2v) is 5.22. The zero-order chi connectivity index (χ0) is 13.6. The van der Waals surface area contributed by atoms with Crippen molar-refractivity contribution < 1.29 is 17.5 Å². The monoisotopic (exact) mass is 269 g/mol. The van der Waals surface area contributed by atoms with Gasteiger partial charge in [0.15, 0.2) is 5.78 Å². The minimum atomic E-state index is -3.94. The minimum absolute atomic E-state index is 0.00416. The van der Waals surface area contributed by atoms with E-state index in [9.17, 15) is 13.2 Å². The Morgan fingerprint density at radius 1 is 1.28 bits per heavy atom. The third kappa shape index (κ3) is 3.96. The number of nitrogens with zero attached hydrogens (tertiary/aromatic N) is 1. The van der Waals surface area contributed by atoms with Crippen molar-refractivity contribution in [2.75, 3.05) is 0 Å². The highest BCUT2D eigenvalue weighted by atomic mass is 32.2. The first-order chi connectivity index (χ1) is 8.47. The fourth-order valence-electron chi connectivity index (χ4n) is 1.19.